The molecule has 4 heteroatoms. The standard InChI is InChI=1S/C14H20N3S/c1-3-4-5-13-16-17-12-7-6-10(2)8-11(12)9-15-14(17)18-13/h9-10H,3-8H2,1-2H3/q+1/t10-/m0/s1. The van der Waals surface area contributed by atoms with Crippen molar-refractivity contribution in [2.24, 2.45) is 5.92 Å². The molecule has 0 N–H and O–H groups in total. The number of rotatable bonds is 3. The zero-order chi connectivity index (χ0) is 12.5. The normalized spacial score (nSPS) is 19.1. The minimum absolute atomic E-state index is 0.788. The van der Waals surface area contributed by atoms with Gasteiger partial charge in [-0.2, -0.15) is 0 Å². The Morgan fingerprint density at radius 2 is 2.39 bits per heavy atom. The fourth-order valence-corrected chi connectivity index (χ4v) is 3.57. The highest BCUT2D eigenvalue weighted by Gasteiger charge is 2.25. The number of hydrogen-bond acceptors (Lipinski definition) is 3. The number of aryl methyl sites for hydroxylation is 2. The Morgan fingerprint density at radius 1 is 1.50 bits per heavy atom. The van der Waals surface area contributed by atoms with E-state index in [0.717, 1.165) is 30.1 Å². The Balaban J connectivity index is 2.00. The average molecular weight is 262 g/mol. The first-order chi connectivity index (χ1) is 8.78. The maximum absolute atomic E-state index is 4.76. The van der Waals surface area contributed by atoms with Gasteiger partial charge in [-0.25, -0.2) is 0 Å². The SMILES string of the molecule is CCCCc1n[n+]2c3c(cnc2s1)C[C@@H](C)CC3. The molecule has 0 spiro atoms. The Bertz CT molecular complexity index is 561. The van der Waals surface area contributed by atoms with Crippen LogP contribution >= 0.6 is 11.3 Å². The van der Waals surface area contributed by atoms with Gasteiger partial charge < -0.3 is 0 Å². The van der Waals surface area contributed by atoms with Gasteiger partial charge in [0.15, 0.2) is 0 Å². The zero-order valence-corrected chi connectivity index (χ0v) is 12.0. The summed E-state index contributed by atoms with van der Waals surface area (Å²) in [5.74, 6) is 0.788. The van der Waals surface area contributed by atoms with Crippen molar-refractivity contribution in [2.75, 3.05) is 0 Å². The summed E-state index contributed by atoms with van der Waals surface area (Å²) in [7, 11) is 0. The summed E-state index contributed by atoms with van der Waals surface area (Å²) in [6.45, 7) is 4.55. The number of hydrogen-bond donors (Lipinski definition) is 0. The van der Waals surface area contributed by atoms with E-state index in [1.807, 2.05) is 0 Å². The quantitative estimate of drug-likeness (QED) is 0.796. The van der Waals surface area contributed by atoms with Crippen molar-refractivity contribution in [3.63, 3.8) is 0 Å². The molecule has 2 aromatic heterocycles. The third-order valence-corrected chi connectivity index (χ3v) is 4.73. The monoisotopic (exact) mass is 262 g/mol. The highest BCUT2D eigenvalue weighted by molar-refractivity contribution is 7.16. The maximum Gasteiger partial charge on any atom is 0.409 e. The molecule has 3 rings (SSSR count). The Hall–Kier alpha value is -1.03. The molecule has 0 radical (unpaired) electrons. The van der Waals surface area contributed by atoms with Gasteiger partial charge in [-0.3, -0.25) is 0 Å². The molecule has 0 amide bonds. The first kappa shape index (κ1) is 12.0. The summed E-state index contributed by atoms with van der Waals surface area (Å²) in [6.07, 6.45) is 9.20. The van der Waals surface area contributed by atoms with E-state index < -0.39 is 0 Å². The van der Waals surface area contributed by atoms with Crippen molar-refractivity contribution in [2.45, 2.75) is 52.4 Å². The lowest BCUT2D eigenvalue weighted by atomic mass is 9.89. The van der Waals surface area contributed by atoms with E-state index in [9.17, 15) is 0 Å². The molecule has 0 bridgehead atoms. The summed E-state index contributed by atoms with van der Waals surface area (Å²) in [5, 5.41) is 5.99. The topological polar surface area (TPSA) is 29.9 Å². The smallest absolute Gasteiger partial charge is 0.0875 e. The highest BCUT2D eigenvalue weighted by atomic mass is 32.1. The molecule has 1 atom stereocenters. The van der Waals surface area contributed by atoms with Crippen molar-refractivity contribution in [1.82, 2.24) is 10.1 Å². The van der Waals surface area contributed by atoms with Crippen molar-refractivity contribution in [1.29, 1.82) is 0 Å². The molecule has 96 valence electrons. The summed E-state index contributed by atoms with van der Waals surface area (Å²) >= 11 is 1.75. The van der Waals surface area contributed by atoms with Crippen LogP contribution in [0.1, 0.15) is 49.4 Å². The summed E-state index contributed by atoms with van der Waals surface area (Å²) in [6, 6.07) is 0. The summed E-state index contributed by atoms with van der Waals surface area (Å²) in [4.78, 5) is 5.64. The second-order valence-corrected chi connectivity index (χ2v) is 6.41. The van der Waals surface area contributed by atoms with Gasteiger partial charge in [-0.1, -0.05) is 29.9 Å². The lowest BCUT2D eigenvalue weighted by Gasteiger charge is -2.16. The van der Waals surface area contributed by atoms with Gasteiger partial charge in [0.05, 0.1) is 0 Å². The van der Waals surface area contributed by atoms with Crippen LogP contribution < -0.4 is 4.52 Å². The van der Waals surface area contributed by atoms with Crippen LogP contribution in [0.2, 0.25) is 0 Å². The Kier molecular flexibility index (Phi) is 3.29. The molecule has 0 fully saturated rings. The van der Waals surface area contributed by atoms with Crippen molar-refractivity contribution < 1.29 is 4.52 Å². The summed E-state index contributed by atoms with van der Waals surface area (Å²) < 4.78 is 2.11. The average Bonchev–Trinajstić information content (AvgIpc) is 2.79. The van der Waals surface area contributed by atoms with E-state index in [0.29, 0.717) is 0 Å². The van der Waals surface area contributed by atoms with Crippen LogP contribution in [-0.4, -0.2) is 10.1 Å². The number of unbranched alkanes of at least 4 members (excludes halogenated alkanes) is 1. The van der Waals surface area contributed by atoms with E-state index in [2.05, 4.69) is 29.5 Å². The van der Waals surface area contributed by atoms with Gasteiger partial charge in [-0.05, 0) is 41.5 Å². The van der Waals surface area contributed by atoms with Crippen LogP contribution in [0.15, 0.2) is 6.20 Å². The Labute approximate surface area is 112 Å². The molecule has 0 aromatic carbocycles. The predicted molar refractivity (Wildman–Crippen MR) is 72.9 cm³/mol. The molecule has 1 aliphatic rings. The molecule has 2 aromatic rings. The number of nitrogens with zero attached hydrogens (tertiary/aromatic N) is 3. The van der Waals surface area contributed by atoms with Crippen molar-refractivity contribution in [3.8, 4) is 0 Å². The van der Waals surface area contributed by atoms with Gasteiger partial charge in [-0.15, -0.1) is 0 Å². The van der Waals surface area contributed by atoms with Gasteiger partial charge in [0.25, 0.3) is 0 Å². The molecule has 2 heterocycles. The Morgan fingerprint density at radius 3 is 3.22 bits per heavy atom. The van der Waals surface area contributed by atoms with Crippen LogP contribution in [0.5, 0.6) is 0 Å². The summed E-state index contributed by atoms with van der Waals surface area (Å²) in [5.41, 5.74) is 2.80. The number of aromatic nitrogens is 3. The van der Waals surface area contributed by atoms with Gasteiger partial charge >= 0.3 is 4.96 Å². The van der Waals surface area contributed by atoms with Crippen molar-refractivity contribution >= 4 is 16.3 Å². The van der Waals surface area contributed by atoms with Crippen LogP contribution in [0.4, 0.5) is 0 Å². The lowest BCUT2D eigenvalue weighted by Crippen LogP contribution is -2.34. The first-order valence-electron chi connectivity index (χ1n) is 6.96. The molecule has 0 saturated carbocycles. The second kappa shape index (κ2) is 4.92. The molecule has 0 saturated heterocycles. The van der Waals surface area contributed by atoms with E-state index in [4.69, 9.17) is 5.10 Å². The van der Waals surface area contributed by atoms with E-state index in [1.54, 1.807) is 11.3 Å². The zero-order valence-electron chi connectivity index (χ0n) is 11.1. The molecular formula is C14H20N3S+. The van der Waals surface area contributed by atoms with E-state index in [-0.39, 0.29) is 0 Å². The number of fused-ring (bicyclic) bond motifs is 3. The van der Waals surface area contributed by atoms with Gasteiger partial charge in [0, 0.05) is 18.4 Å². The van der Waals surface area contributed by atoms with Gasteiger partial charge in [0.2, 0.25) is 0 Å². The first-order valence-corrected chi connectivity index (χ1v) is 7.78. The molecule has 0 unspecified atom stereocenters. The molecular weight excluding hydrogens is 242 g/mol. The molecule has 0 aliphatic heterocycles. The largest absolute Gasteiger partial charge is 0.409 e. The second-order valence-electron chi connectivity index (χ2n) is 5.37. The third kappa shape index (κ3) is 2.14. The minimum atomic E-state index is 0.788. The van der Waals surface area contributed by atoms with E-state index >= 15 is 0 Å². The van der Waals surface area contributed by atoms with Gasteiger partial charge in [0.1, 0.15) is 16.9 Å². The lowest BCUT2D eigenvalue weighted by molar-refractivity contribution is -0.588. The van der Waals surface area contributed by atoms with Crippen LogP contribution in [-0.2, 0) is 19.3 Å². The third-order valence-electron chi connectivity index (χ3n) is 3.75. The van der Waals surface area contributed by atoms with Crippen molar-refractivity contribution in [3.05, 3.63) is 22.5 Å². The van der Waals surface area contributed by atoms with Crippen LogP contribution in [0, 0.1) is 5.92 Å². The fourth-order valence-electron chi connectivity index (χ4n) is 2.65. The fraction of sp³-hybridized carbons (Fsp3) is 0.643. The maximum atomic E-state index is 4.76. The molecule has 18 heavy (non-hydrogen) atoms. The molecule has 1 aliphatic carbocycles. The molecule has 3 nitrogen and oxygen atoms in total. The highest BCUT2D eigenvalue weighted by Crippen LogP contribution is 2.23. The van der Waals surface area contributed by atoms with Crippen LogP contribution in [0.3, 0.4) is 0 Å². The predicted octanol–water partition coefficient (Wildman–Crippen LogP) is 2.74. The van der Waals surface area contributed by atoms with E-state index in [1.165, 1.54) is 35.5 Å². The van der Waals surface area contributed by atoms with Crippen LogP contribution in [0.25, 0.3) is 4.96 Å². The minimum Gasteiger partial charge on any atom is -0.0875 e.